The van der Waals surface area contributed by atoms with Crippen molar-refractivity contribution in [3.05, 3.63) is 74.9 Å². The van der Waals surface area contributed by atoms with Crippen molar-refractivity contribution in [2.45, 2.75) is 25.7 Å². The summed E-state index contributed by atoms with van der Waals surface area (Å²) in [5, 5.41) is 5.38. The summed E-state index contributed by atoms with van der Waals surface area (Å²) in [7, 11) is 0. The van der Waals surface area contributed by atoms with Gasteiger partial charge in [0.2, 0.25) is 0 Å². The van der Waals surface area contributed by atoms with E-state index >= 15 is 0 Å². The summed E-state index contributed by atoms with van der Waals surface area (Å²) in [6, 6.07) is 9.73. The van der Waals surface area contributed by atoms with Gasteiger partial charge in [0.1, 0.15) is 4.83 Å². The van der Waals surface area contributed by atoms with E-state index in [0.29, 0.717) is 10.9 Å². The molecule has 4 aromatic rings. The molecule has 0 spiro atoms. The van der Waals surface area contributed by atoms with Gasteiger partial charge in [0.25, 0.3) is 5.56 Å². The first-order valence-corrected chi connectivity index (χ1v) is 10.4. The fourth-order valence-corrected chi connectivity index (χ4v) is 5.11. The lowest BCUT2D eigenvalue weighted by Gasteiger charge is -2.09. The Hall–Kier alpha value is -2.70. The molecule has 0 fully saturated rings. The maximum Gasteiger partial charge on any atom is 0.260 e. The van der Waals surface area contributed by atoms with Crippen LogP contribution in [-0.4, -0.2) is 19.7 Å². The summed E-state index contributed by atoms with van der Waals surface area (Å²) >= 11 is 8.12. The predicted molar refractivity (Wildman–Crippen MR) is 114 cm³/mol. The molecule has 1 aliphatic carbocycles. The molecule has 0 radical (unpaired) electrons. The highest BCUT2D eigenvalue weighted by Gasteiger charge is 2.20. The highest BCUT2D eigenvalue weighted by atomic mass is 35.5. The van der Waals surface area contributed by atoms with Crippen molar-refractivity contribution in [1.82, 2.24) is 19.7 Å². The summed E-state index contributed by atoms with van der Waals surface area (Å²) in [6.07, 6.45) is 9.76. The number of halogens is 1. The number of hydrogen-bond donors (Lipinski definition) is 1. The Balaban J connectivity index is 1.50. The normalized spacial score (nSPS) is 14.4. The molecular weight excluding hydrogens is 392 g/mol. The van der Waals surface area contributed by atoms with Crippen molar-refractivity contribution < 1.29 is 0 Å². The van der Waals surface area contributed by atoms with Crippen LogP contribution >= 0.6 is 22.9 Å². The van der Waals surface area contributed by atoms with Gasteiger partial charge in [-0.2, -0.15) is 5.10 Å². The largest absolute Gasteiger partial charge is 0.305 e. The van der Waals surface area contributed by atoms with Gasteiger partial charge in [-0.1, -0.05) is 23.7 Å². The van der Waals surface area contributed by atoms with Gasteiger partial charge in [0.15, 0.2) is 5.82 Å². The Bertz CT molecular complexity index is 1240. The SMILES string of the molecule is O=c1[nH]c(/C(Cl)=C\c2ccc(-n3cccn3)cc2)nc2sc3c(c12)CCCC3. The number of rotatable bonds is 3. The highest BCUT2D eigenvalue weighted by Crippen LogP contribution is 2.34. The number of fused-ring (bicyclic) bond motifs is 3. The smallest absolute Gasteiger partial charge is 0.260 e. The monoisotopic (exact) mass is 408 g/mol. The molecule has 0 aliphatic heterocycles. The van der Waals surface area contributed by atoms with Crippen LogP contribution in [0.2, 0.25) is 0 Å². The number of nitrogens with one attached hydrogen (secondary N) is 1. The standard InChI is InChI=1S/C21H17ClN4OS/c22-16(12-13-6-8-14(9-7-13)26-11-3-10-23-26)19-24-20(27)18-15-4-1-2-5-17(15)28-21(18)25-19/h3,6-12H,1-2,4-5H2,(H,24,25,27)/b16-12+. The molecule has 0 saturated heterocycles. The Morgan fingerprint density at radius 1 is 1.21 bits per heavy atom. The molecular formula is C21H17ClN4OS. The molecule has 0 amide bonds. The molecule has 0 atom stereocenters. The van der Waals surface area contributed by atoms with Gasteiger partial charge in [-0.25, -0.2) is 9.67 Å². The summed E-state index contributed by atoms with van der Waals surface area (Å²) in [5.74, 6) is 0.411. The molecule has 1 aromatic carbocycles. The average molecular weight is 409 g/mol. The zero-order chi connectivity index (χ0) is 19.1. The van der Waals surface area contributed by atoms with Crippen molar-refractivity contribution in [2.75, 3.05) is 0 Å². The van der Waals surface area contributed by atoms with E-state index in [0.717, 1.165) is 40.7 Å². The van der Waals surface area contributed by atoms with Crippen molar-refractivity contribution >= 4 is 44.3 Å². The van der Waals surface area contributed by atoms with E-state index in [1.807, 2.05) is 42.6 Å². The van der Waals surface area contributed by atoms with E-state index in [4.69, 9.17) is 11.6 Å². The lowest BCUT2D eigenvalue weighted by atomic mass is 9.97. The molecule has 3 aromatic heterocycles. The van der Waals surface area contributed by atoms with Crippen LogP contribution in [0.5, 0.6) is 0 Å². The van der Waals surface area contributed by atoms with Crippen LogP contribution < -0.4 is 5.56 Å². The van der Waals surface area contributed by atoms with E-state index in [9.17, 15) is 4.79 Å². The Morgan fingerprint density at radius 3 is 2.82 bits per heavy atom. The van der Waals surface area contributed by atoms with E-state index in [2.05, 4.69) is 15.1 Å². The number of nitrogens with zero attached hydrogens (tertiary/aromatic N) is 3. The maximum absolute atomic E-state index is 12.7. The fraction of sp³-hybridized carbons (Fsp3) is 0.190. The first-order valence-electron chi connectivity index (χ1n) is 9.21. The second kappa shape index (κ2) is 7.04. The van der Waals surface area contributed by atoms with Crippen molar-refractivity contribution in [3.8, 4) is 5.69 Å². The molecule has 0 saturated carbocycles. The lowest BCUT2D eigenvalue weighted by molar-refractivity contribution is 0.700. The fourth-order valence-electron chi connectivity index (χ4n) is 3.64. The predicted octanol–water partition coefficient (Wildman–Crippen LogP) is 4.79. The summed E-state index contributed by atoms with van der Waals surface area (Å²) in [5.41, 5.74) is 2.98. The summed E-state index contributed by atoms with van der Waals surface area (Å²) in [4.78, 5) is 22.3. The Labute approximate surface area is 170 Å². The Kier molecular flexibility index (Phi) is 4.37. The minimum atomic E-state index is -0.0972. The number of aromatic amines is 1. The third-order valence-electron chi connectivity index (χ3n) is 5.01. The first-order chi connectivity index (χ1) is 13.7. The number of thiophene rings is 1. The van der Waals surface area contributed by atoms with E-state index in [1.165, 1.54) is 16.9 Å². The van der Waals surface area contributed by atoms with Gasteiger partial charge in [-0.05, 0) is 61.1 Å². The second-order valence-corrected chi connectivity index (χ2v) is 8.33. The molecule has 5 rings (SSSR count). The number of benzene rings is 1. The van der Waals surface area contributed by atoms with E-state index in [1.54, 1.807) is 22.2 Å². The van der Waals surface area contributed by atoms with Crippen LogP contribution in [0.4, 0.5) is 0 Å². The molecule has 3 heterocycles. The molecule has 0 bridgehead atoms. The van der Waals surface area contributed by atoms with Crippen LogP contribution in [0.25, 0.3) is 27.0 Å². The van der Waals surface area contributed by atoms with Crippen LogP contribution in [-0.2, 0) is 12.8 Å². The molecule has 5 nitrogen and oxygen atoms in total. The van der Waals surface area contributed by atoms with Crippen LogP contribution in [0, 0.1) is 0 Å². The first kappa shape index (κ1) is 17.4. The number of hydrogen-bond acceptors (Lipinski definition) is 4. The van der Waals surface area contributed by atoms with Gasteiger partial charge in [-0.3, -0.25) is 4.79 Å². The molecule has 1 N–H and O–H groups in total. The van der Waals surface area contributed by atoms with Gasteiger partial charge in [0.05, 0.1) is 16.1 Å². The number of H-pyrrole nitrogens is 1. The molecule has 7 heteroatoms. The van der Waals surface area contributed by atoms with Crippen LogP contribution in [0.3, 0.4) is 0 Å². The molecule has 28 heavy (non-hydrogen) atoms. The van der Waals surface area contributed by atoms with Gasteiger partial charge < -0.3 is 4.98 Å². The highest BCUT2D eigenvalue weighted by molar-refractivity contribution is 7.18. The second-order valence-electron chi connectivity index (χ2n) is 6.84. The topological polar surface area (TPSA) is 63.6 Å². The maximum atomic E-state index is 12.7. The third kappa shape index (κ3) is 3.08. The van der Waals surface area contributed by atoms with Crippen LogP contribution in [0.1, 0.15) is 34.7 Å². The quantitative estimate of drug-likeness (QED) is 0.530. The number of aromatic nitrogens is 4. The molecule has 1 aliphatic rings. The van der Waals surface area contributed by atoms with E-state index in [-0.39, 0.29) is 5.56 Å². The minimum absolute atomic E-state index is 0.0972. The lowest BCUT2D eigenvalue weighted by Crippen LogP contribution is -2.12. The van der Waals surface area contributed by atoms with Crippen molar-refractivity contribution in [3.63, 3.8) is 0 Å². The van der Waals surface area contributed by atoms with Gasteiger partial charge in [0, 0.05) is 17.3 Å². The molecule has 0 unspecified atom stereocenters. The average Bonchev–Trinajstić information content (AvgIpc) is 3.36. The van der Waals surface area contributed by atoms with Gasteiger partial charge in [-0.15, -0.1) is 11.3 Å². The molecule has 140 valence electrons. The van der Waals surface area contributed by atoms with Crippen molar-refractivity contribution in [1.29, 1.82) is 0 Å². The zero-order valence-electron chi connectivity index (χ0n) is 15.0. The van der Waals surface area contributed by atoms with Crippen molar-refractivity contribution in [2.24, 2.45) is 0 Å². The number of aryl methyl sites for hydroxylation is 2. The minimum Gasteiger partial charge on any atom is -0.305 e. The van der Waals surface area contributed by atoms with Crippen LogP contribution in [0.15, 0.2) is 47.5 Å². The third-order valence-corrected chi connectivity index (χ3v) is 6.48. The van der Waals surface area contributed by atoms with Gasteiger partial charge >= 0.3 is 0 Å². The summed E-state index contributed by atoms with van der Waals surface area (Å²) < 4.78 is 1.79. The van der Waals surface area contributed by atoms with E-state index < -0.39 is 0 Å². The zero-order valence-corrected chi connectivity index (χ0v) is 16.6. The summed E-state index contributed by atoms with van der Waals surface area (Å²) in [6.45, 7) is 0. The Morgan fingerprint density at radius 2 is 2.04 bits per heavy atom.